The van der Waals surface area contributed by atoms with Crippen LogP contribution < -0.4 is 14.8 Å². The van der Waals surface area contributed by atoms with E-state index >= 15 is 0 Å². The van der Waals surface area contributed by atoms with Gasteiger partial charge in [-0.2, -0.15) is 0 Å². The van der Waals surface area contributed by atoms with Crippen LogP contribution in [0.4, 0.5) is 5.69 Å². The van der Waals surface area contributed by atoms with Gasteiger partial charge in [0.25, 0.3) is 5.91 Å². The van der Waals surface area contributed by atoms with Crippen LogP contribution >= 0.6 is 0 Å². The molecule has 0 heterocycles. The number of anilines is 1. The molecule has 0 saturated carbocycles. The van der Waals surface area contributed by atoms with Gasteiger partial charge in [-0.15, -0.1) is 0 Å². The first kappa shape index (κ1) is 21.0. The van der Waals surface area contributed by atoms with Crippen molar-refractivity contribution in [3.8, 4) is 11.5 Å². The molecule has 0 radical (unpaired) electrons. The lowest BCUT2D eigenvalue weighted by atomic mass is 10.1. The zero-order valence-electron chi connectivity index (χ0n) is 16.1. The van der Waals surface area contributed by atoms with Crippen LogP contribution in [0.3, 0.4) is 0 Å². The van der Waals surface area contributed by atoms with Crippen molar-refractivity contribution in [2.45, 2.75) is 26.9 Å². The second kappa shape index (κ2) is 10.1. The predicted octanol–water partition coefficient (Wildman–Crippen LogP) is 3.24. The number of nitrogens with one attached hydrogen (secondary N) is 1. The molecule has 2 aromatic rings. The lowest BCUT2D eigenvalue weighted by Gasteiger charge is -2.16. The largest absolute Gasteiger partial charge is 0.490 e. The Morgan fingerprint density at radius 1 is 0.964 bits per heavy atom. The van der Waals surface area contributed by atoms with Crippen LogP contribution in [0, 0.1) is 0 Å². The minimum Gasteiger partial charge on any atom is -0.490 e. The van der Waals surface area contributed by atoms with Crippen molar-refractivity contribution in [1.29, 1.82) is 0 Å². The molecule has 0 aliphatic heterocycles. The van der Waals surface area contributed by atoms with Gasteiger partial charge < -0.3 is 19.5 Å². The normalized spacial score (nSPS) is 11.2. The van der Waals surface area contributed by atoms with Crippen LogP contribution in [0.25, 0.3) is 0 Å². The first-order valence-corrected chi connectivity index (χ1v) is 8.87. The third-order valence-corrected chi connectivity index (χ3v) is 3.74. The molecule has 0 aliphatic carbocycles. The van der Waals surface area contributed by atoms with Gasteiger partial charge in [0, 0.05) is 5.56 Å². The van der Waals surface area contributed by atoms with Crippen LogP contribution in [0.1, 0.15) is 31.1 Å². The van der Waals surface area contributed by atoms with Crippen molar-refractivity contribution in [1.82, 2.24) is 0 Å². The van der Waals surface area contributed by atoms with Gasteiger partial charge in [0.1, 0.15) is 0 Å². The highest BCUT2D eigenvalue weighted by atomic mass is 16.6. The van der Waals surface area contributed by atoms with Crippen LogP contribution in [-0.4, -0.2) is 37.0 Å². The summed E-state index contributed by atoms with van der Waals surface area (Å²) in [5.74, 6) is -0.495. The van der Waals surface area contributed by atoms with Crippen molar-refractivity contribution in [3.63, 3.8) is 0 Å². The van der Waals surface area contributed by atoms with Gasteiger partial charge in [-0.1, -0.05) is 24.3 Å². The Bertz CT molecular complexity index is 848. The highest BCUT2D eigenvalue weighted by Gasteiger charge is 2.20. The van der Waals surface area contributed by atoms with E-state index in [1.807, 2.05) is 6.92 Å². The smallest absolute Gasteiger partial charge is 0.344 e. The second-order valence-corrected chi connectivity index (χ2v) is 5.89. The molecule has 2 aromatic carbocycles. The second-order valence-electron chi connectivity index (χ2n) is 5.89. The van der Waals surface area contributed by atoms with E-state index in [9.17, 15) is 14.4 Å². The number of rotatable bonds is 9. The number of para-hydroxylation sites is 3. The van der Waals surface area contributed by atoms with E-state index < -0.39 is 18.0 Å². The molecule has 0 bridgehead atoms. The third-order valence-electron chi connectivity index (χ3n) is 3.74. The van der Waals surface area contributed by atoms with E-state index in [1.165, 1.54) is 13.8 Å². The summed E-state index contributed by atoms with van der Waals surface area (Å²) in [6.45, 7) is 4.79. The Labute approximate surface area is 163 Å². The molecule has 0 fully saturated rings. The van der Waals surface area contributed by atoms with E-state index in [1.54, 1.807) is 48.5 Å². The maximum absolute atomic E-state index is 12.3. The van der Waals surface area contributed by atoms with Gasteiger partial charge >= 0.3 is 5.97 Å². The van der Waals surface area contributed by atoms with Gasteiger partial charge in [-0.05, 0) is 45.0 Å². The van der Waals surface area contributed by atoms with Gasteiger partial charge in [-0.25, -0.2) is 4.79 Å². The Balaban J connectivity index is 1.90. The molecule has 0 aromatic heterocycles. The lowest BCUT2D eigenvalue weighted by molar-refractivity contribution is -0.155. The molecule has 148 valence electrons. The molecule has 1 atom stereocenters. The molecule has 7 heteroatoms. The fourth-order valence-electron chi connectivity index (χ4n) is 2.40. The highest BCUT2D eigenvalue weighted by Crippen LogP contribution is 2.26. The van der Waals surface area contributed by atoms with E-state index in [0.29, 0.717) is 29.4 Å². The quantitative estimate of drug-likeness (QED) is 0.526. The molecule has 0 aliphatic rings. The fraction of sp³-hybridized carbons (Fsp3) is 0.286. The van der Waals surface area contributed by atoms with Crippen LogP contribution in [-0.2, 0) is 14.3 Å². The first-order valence-electron chi connectivity index (χ1n) is 8.87. The topological polar surface area (TPSA) is 90.9 Å². The Morgan fingerprint density at radius 3 is 2.21 bits per heavy atom. The Morgan fingerprint density at radius 2 is 1.57 bits per heavy atom. The molecule has 1 unspecified atom stereocenters. The number of hydrogen-bond acceptors (Lipinski definition) is 6. The summed E-state index contributed by atoms with van der Waals surface area (Å²) in [4.78, 5) is 35.9. The molecule has 0 spiro atoms. The number of esters is 1. The number of carbonyl (C=O) groups is 3. The molecular formula is C21H23NO6. The molecule has 1 amide bonds. The first-order chi connectivity index (χ1) is 13.4. The summed E-state index contributed by atoms with van der Waals surface area (Å²) in [6.07, 6.45) is -1.06. The average Bonchev–Trinajstić information content (AvgIpc) is 2.67. The molecule has 7 nitrogen and oxygen atoms in total. The summed E-state index contributed by atoms with van der Waals surface area (Å²) in [6, 6.07) is 13.6. The zero-order chi connectivity index (χ0) is 20.5. The van der Waals surface area contributed by atoms with Gasteiger partial charge in [0.05, 0.1) is 12.3 Å². The molecule has 28 heavy (non-hydrogen) atoms. The van der Waals surface area contributed by atoms with Crippen LogP contribution in [0.2, 0.25) is 0 Å². The molecule has 0 saturated heterocycles. The van der Waals surface area contributed by atoms with E-state index in [0.717, 1.165) is 0 Å². The zero-order valence-corrected chi connectivity index (χ0v) is 16.1. The number of hydrogen-bond donors (Lipinski definition) is 1. The van der Waals surface area contributed by atoms with Gasteiger partial charge in [0.2, 0.25) is 0 Å². The number of ether oxygens (including phenoxy) is 3. The SMILES string of the molecule is CCOc1ccccc1OCC(=O)OC(C)C(=O)Nc1ccccc1C(C)=O. The molecular weight excluding hydrogens is 362 g/mol. The average molecular weight is 385 g/mol. The van der Waals surface area contributed by atoms with E-state index in [4.69, 9.17) is 14.2 Å². The summed E-state index contributed by atoms with van der Waals surface area (Å²) in [5.41, 5.74) is 0.745. The maximum atomic E-state index is 12.3. The minimum atomic E-state index is -1.06. The number of amides is 1. The predicted molar refractivity (Wildman–Crippen MR) is 104 cm³/mol. The van der Waals surface area contributed by atoms with Crippen molar-refractivity contribution in [2.75, 3.05) is 18.5 Å². The minimum absolute atomic E-state index is 0.179. The van der Waals surface area contributed by atoms with Gasteiger partial charge in [-0.3, -0.25) is 9.59 Å². The monoisotopic (exact) mass is 385 g/mol. The Hall–Kier alpha value is -3.35. The van der Waals surface area contributed by atoms with Crippen molar-refractivity contribution in [2.24, 2.45) is 0 Å². The number of benzene rings is 2. The lowest BCUT2D eigenvalue weighted by Crippen LogP contribution is -2.32. The van der Waals surface area contributed by atoms with Crippen LogP contribution in [0.5, 0.6) is 11.5 Å². The van der Waals surface area contributed by atoms with E-state index in [-0.39, 0.29) is 12.4 Å². The number of ketones is 1. The van der Waals surface area contributed by atoms with Crippen molar-refractivity contribution in [3.05, 3.63) is 54.1 Å². The fourth-order valence-corrected chi connectivity index (χ4v) is 2.40. The van der Waals surface area contributed by atoms with E-state index in [2.05, 4.69) is 5.32 Å². The number of Topliss-reactive ketones (excluding diaryl/α,β-unsaturated/α-hetero) is 1. The Kier molecular flexibility index (Phi) is 7.56. The maximum Gasteiger partial charge on any atom is 0.344 e. The number of carbonyl (C=O) groups excluding carboxylic acids is 3. The van der Waals surface area contributed by atoms with Crippen molar-refractivity contribution < 1.29 is 28.6 Å². The molecule has 1 N–H and O–H groups in total. The van der Waals surface area contributed by atoms with Gasteiger partial charge in [0.15, 0.2) is 30.0 Å². The van der Waals surface area contributed by atoms with Crippen molar-refractivity contribution >= 4 is 23.3 Å². The van der Waals surface area contributed by atoms with Crippen LogP contribution in [0.15, 0.2) is 48.5 Å². The summed E-state index contributed by atoms with van der Waals surface area (Å²) >= 11 is 0. The third kappa shape index (κ3) is 5.84. The summed E-state index contributed by atoms with van der Waals surface area (Å²) in [5, 5.41) is 2.60. The standard InChI is InChI=1S/C21H23NO6/c1-4-26-18-11-7-8-12-19(18)27-13-20(24)28-15(3)21(25)22-17-10-6-5-9-16(17)14(2)23/h5-12,15H,4,13H2,1-3H3,(H,22,25). The molecule has 2 rings (SSSR count). The summed E-state index contributed by atoms with van der Waals surface area (Å²) in [7, 11) is 0. The summed E-state index contributed by atoms with van der Waals surface area (Å²) < 4.78 is 15.9. The highest BCUT2D eigenvalue weighted by molar-refractivity contribution is 6.04.